The number of alkyl halides is 1. The fourth-order valence-electron chi connectivity index (χ4n) is 2.62. The molecular weight excluding hydrogens is 338 g/mol. The van der Waals surface area contributed by atoms with E-state index in [4.69, 9.17) is 9.47 Å². The molecule has 1 aliphatic rings. The van der Waals surface area contributed by atoms with Crippen molar-refractivity contribution in [2.45, 2.75) is 23.5 Å². The molecule has 2 aromatic carbocycles. The highest BCUT2D eigenvalue weighted by atomic mass is 79.9. The Bertz CT molecular complexity index is 690. The average Bonchev–Trinajstić information content (AvgIpc) is 2.46. The summed E-state index contributed by atoms with van der Waals surface area (Å²) in [6.07, 6.45) is 0.812. The van der Waals surface area contributed by atoms with Crippen molar-refractivity contribution in [3.63, 3.8) is 0 Å². The number of benzene rings is 2. The van der Waals surface area contributed by atoms with Gasteiger partial charge in [0, 0.05) is 29.8 Å². The van der Waals surface area contributed by atoms with Crippen molar-refractivity contribution in [2.24, 2.45) is 0 Å². The first-order valence-electron chi connectivity index (χ1n) is 6.61. The van der Waals surface area contributed by atoms with E-state index in [-0.39, 0.29) is 27.6 Å². The van der Waals surface area contributed by atoms with Crippen LogP contribution >= 0.6 is 15.9 Å². The highest BCUT2D eigenvalue weighted by molar-refractivity contribution is 9.09. The second kappa shape index (κ2) is 5.61. The molecule has 0 saturated heterocycles. The van der Waals surface area contributed by atoms with Gasteiger partial charge in [0.1, 0.15) is 18.0 Å². The van der Waals surface area contributed by atoms with E-state index in [0.717, 1.165) is 11.8 Å². The van der Waals surface area contributed by atoms with Crippen LogP contribution in [0.2, 0.25) is 0 Å². The summed E-state index contributed by atoms with van der Waals surface area (Å²) in [5.41, 5.74) is 0.0909. The molecule has 5 nitrogen and oxygen atoms in total. The van der Waals surface area contributed by atoms with Gasteiger partial charge in [-0.15, -0.1) is 0 Å². The molecule has 1 aliphatic carbocycles. The normalized spacial score (nSPS) is 24.6. The van der Waals surface area contributed by atoms with Crippen LogP contribution in [0.5, 0.6) is 5.75 Å². The van der Waals surface area contributed by atoms with Crippen molar-refractivity contribution in [2.75, 3.05) is 7.11 Å². The van der Waals surface area contributed by atoms with Crippen LogP contribution in [-0.4, -0.2) is 29.1 Å². The van der Waals surface area contributed by atoms with Gasteiger partial charge in [-0.1, -0.05) is 34.1 Å². The quantitative estimate of drug-likeness (QED) is 0.478. The molecular formula is C15H14BrNO4. The first-order valence-corrected chi connectivity index (χ1v) is 7.53. The van der Waals surface area contributed by atoms with Crippen molar-refractivity contribution in [3.8, 4) is 5.75 Å². The molecule has 0 spiro atoms. The van der Waals surface area contributed by atoms with E-state index in [1.54, 1.807) is 25.3 Å². The average molecular weight is 352 g/mol. The molecule has 1 fully saturated rings. The zero-order valence-corrected chi connectivity index (χ0v) is 12.9. The van der Waals surface area contributed by atoms with Crippen molar-refractivity contribution in [1.82, 2.24) is 0 Å². The second-order valence-electron chi connectivity index (χ2n) is 4.99. The Hall–Kier alpha value is -1.66. The number of hydrogen-bond donors (Lipinski definition) is 0. The molecule has 0 aromatic heterocycles. The molecule has 21 heavy (non-hydrogen) atoms. The summed E-state index contributed by atoms with van der Waals surface area (Å²) in [6.45, 7) is 0. The van der Waals surface area contributed by atoms with Gasteiger partial charge in [0.25, 0.3) is 5.69 Å². The Morgan fingerprint density at radius 3 is 2.57 bits per heavy atom. The number of ether oxygens (including phenoxy) is 2. The summed E-state index contributed by atoms with van der Waals surface area (Å²) in [5.74, 6) is 0.655. The van der Waals surface area contributed by atoms with Crippen LogP contribution in [-0.2, 0) is 4.74 Å². The van der Waals surface area contributed by atoms with Gasteiger partial charge in [-0.25, -0.2) is 0 Å². The van der Waals surface area contributed by atoms with Crippen LogP contribution in [0.1, 0.15) is 6.42 Å². The Balaban J connectivity index is 1.97. The molecule has 0 bridgehead atoms. The minimum absolute atomic E-state index is 0.000968. The number of non-ortho nitro benzene ring substituents is 1. The predicted octanol–water partition coefficient (Wildman–Crippen LogP) is 3.68. The third kappa shape index (κ3) is 2.49. The molecule has 0 N–H and O–H groups in total. The summed E-state index contributed by atoms with van der Waals surface area (Å²) >= 11 is 3.53. The maximum atomic E-state index is 11.1. The van der Waals surface area contributed by atoms with Crippen LogP contribution in [0.3, 0.4) is 0 Å². The van der Waals surface area contributed by atoms with Gasteiger partial charge in [0.05, 0.1) is 10.3 Å². The highest BCUT2D eigenvalue weighted by Crippen LogP contribution is 2.38. The molecule has 1 saturated carbocycles. The third-order valence-electron chi connectivity index (χ3n) is 3.79. The minimum atomic E-state index is -0.373. The first kappa shape index (κ1) is 14.3. The first-order chi connectivity index (χ1) is 10.1. The van der Waals surface area contributed by atoms with Gasteiger partial charge in [0.15, 0.2) is 0 Å². The summed E-state index contributed by atoms with van der Waals surface area (Å²) in [7, 11) is 1.66. The van der Waals surface area contributed by atoms with E-state index in [2.05, 4.69) is 15.9 Å². The van der Waals surface area contributed by atoms with E-state index >= 15 is 0 Å². The van der Waals surface area contributed by atoms with Gasteiger partial charge in [-0.2, -0.15) is 0 Å². The van der Waals surface area contributed by atoms with E-state index in [1.165, 1.54) is 6.07 Å². The molecule has 110 valence electrons. The van der Waals surface area contributed by atoms with Gasteiger partial charge in [0.2, 0.25) is 0 Å². The fourth-order valence-corrected chi connectivity index (χ4v) is 3.55. The number of halogens is 1. The molecule has 3 atom stereocenters. The summed E-state index contributed by atoms with van der Waals surface area (Å²) in [6, 6.07) is 10.4. The topological polar surface area (TPSA) is 61.6 Å². The Morgan fingerprint density at radius 2 is 1.95 bits per heavy atom. The van der Waals surface area contributed by atoms with Gasteiger partial charge in [-0.3, -0.25) is 10.1 Å². The standard InChI is InChI=1S/C15H14BrNO4/c1-20-15-11(16)8-14(15)21-13-7-6-12(17(18)19)9-4-2-3-5-10(9)13/h2-7,11,14-15H,8H2,1H3. The number of nitrogens with zero attached hydrogens (tertiary/aromatic N) is 1. The Labute approximate surface area is 130 Å². The molecule has 0 heterocycles. The fraction of sp³-hybridized carbons (Fsp3) is 0.333. The largest absolute Gasteiger partial charge is 0.487 e. The van der Waals surface area contributed by atoms with E-state index in [0.29, 0.717) is 11.1 Å². The van der Waals surface area contributed by atoms with Crippen LogP contribution in [0, 0.1) is 10.1 Å². The van der Waals surface area contributed by atoms with E-state index in [9.17, 15) is 10.1 Å². The van der Waals surface area contributed by atoms with Gasteiger partial charge in [-0.05, 0) is 12.1 Å². The van der Waals surface area contributed by atoms with Gasteiger partial charge >= 0.3 is 0 Å². The van der Waals surface area contributed by atoms with Crippen LogP contribution in [0.25, 0.3) is 10.8 Å². The lowest BCUT2D eigenvalue weighted by atomic mass is 9.91. The third-order valence-corrected chi connectivity index (χ3v) is 4.68. The van der Waals surface area contributed by atoms with Gasteiger partial charge < -0.3 is 9.47 Å². The molecule has 6 heteroatoms. The van der Waals surface area contributed by atoms with Crippen molar-refractivity contribution in [3.05, 3.63) is 46.5 Å². The predicted molar refractivity (Wildman–Crippen MR) is 83.1 cm³/mol. The van der Waals surface area contributed by atoms with Crippen LogP contribution < -0.4 is 4.74 Å². The zero-order valence-electron chi connectivity index (χ0n) is 11.4. The molecule has 0 aliphatic heterocycles. The lowest BCUT2D eigenvalue weighted by molar-refractivity contribution is -0.383. The van der Waals surface area contributed by atoms with Crippen molar-refractivity contribution >= 4 is 32.4 Å². The summed E-state index contributed by atoms with van der Waals surface area (Å²) < 4.78 is 11.4. The number of nitro benzene ring substituents is 1. The van der Waals surface area contributed by atoms with E-state index in [1.807, 2.05) is 12.1 Å². The van der Waals surface area contributed by atoms with Crippen molar-refractivity contribution < 1.29 is 14.4 Å². The second-order valence-corrected chi connectivity index (χ2v) is 6.17. The van der Waals surface area contributed by atoms with E-state index < -0.39 is 0 Å². The van der Waals surface area contributed by atoms with Crippen LogP contribution in [0.15, 0.2) is 36.4 Å². The number of nitro groups is 1. The Morgan fingerprint density at radius 1 is 1.24 bits per heavy atom. The van der Waals surface area contributed by atoms with Crippen LogP contribution in [0.4, 0.5) is 5.69 Å². The molecule has 2 aromatic rings. The Kier molecular flexibility index (Phi) is 3.82. The van der Waals surface area contributed by atoms with Crippen molar-refractivity contribution in [1.29, 1.82) is 0 Å². The molecule has 3 rings (SSSR count). The number of methoxy groups -OCH3 is 1. The minimum Gasteiger partial charge on any atom is -0.487 e. The summed E-state index contributed by atoms with van der Waals surface area (Å²) in [4.78, 5) is 11.0. The molecule has 0 amide bonds. The highest BCUT2D eigenvalue weighted by Gasteiger charge is 2.42. The maximum Gasteiger partial charge on any atom is 0.277 e. The molecule has 0 radical (unpaired) electrons. The zero-order chi connectivity index (χ0) is 15.0. The maximum absolute atomic E-state index is 11.1. The summed E-state index contributed by atoms with van der Waals surface area (Å²) in [5, 5.41) is 12.4. The number of fused-ring (bicyclic) bond motifs is 1. The smallest absolute Gasteiger partial charge is 0.277 e. The monoisotopic (exact) mass is 351 g/mol. The lowest BCUT2D eigenvalue weighted by Crippen LogP contribution is -2.51. The lowest BCUT2D eigenvalue weighted by Gasteiger charge is -2.40. The SMILES string of the molecule is COC1C(Br)CC1Oc1ccc([N+](=O)[O-])c2ccccc12. The molecule has 3 unspecified atom stereocenters. The number of hydrogen-bond acceptors (Lipinski definition) is 4. The number of rotatable bonds is 4.